The maximum atomic E-state index is 12.7. The molecule has 164 valence electrons. The third-order valence-corrected chi connectivity index (χ3v) is 7.86. The number of sulfonamides is 1. The largest absolute Gasteiger partial charge is 0.301 e. The highest BCUT2D eigenvalue weighted by atomic mass is 32.2. The maximum Gasteiger partial charge on any atom is 0.261 e. The average Bonchev–Trinajstić information content (AvgIpc) is 3.05. The fourth-order valence-electron chi connectivity index (χ4n) is 4.16. The first-order valence-electron chi connectivity index (χ1n) is 10.7. The molecule has 0 bridgehead atoms. The van der Waals surface area contributed by atoms with E-state index in [-0.39, 0.29) is 11.8 Å². The Hall–Kier alpha value is -2.55. The third-order valence-electron chi connectivity index (χ3n) is 5.95. The van der Waals surface area contributed by atoms with E-state index < -0.39 is 10.0 Å². The van der Waals surface area contributed by atoms with Gasteiger partial charge in [-0.25, -0.2) is 8.42 Å². The summed E-state index contributed by atoms with van der Waals surface area (Å²) in [7, 11) is -3.42. The van der Waals surface area contributed by atoms with Crippen LogP contribution in [0.3, 0.4) is 0 Å². The Morgan fingerprint density at radius 3 is 1.84 bits per heavy atom. The Kier molecular flexibility index (Phi) is 6.50. The van der Waals surface area contributed by atoms with E-state index in [2.05, 4.69) is 4.90 Å². The van der Waals surface area contributed by atoms with Crippen molar-refractivity contribution in [1.29, 1.82) is 0 Å². The number of fused-ring (bicyclic) bond motifs is 1. The summed E-state index contributed by atoms with van der Waals surface area (Å²) >= 11 is 0. The zero-order chi connectivity index (χ0) is 21.8. The van der Waals surface area contributed by atoms with Gasteiger partial charge in [-0.05, 0) is 43.7 Å². The molecule has 0 aliphatic carbocycles. The lowest BCUT2D eigenvalue weighted by Crippen LogP contribution is -2.48. The number of hydrogen-bond donors (Lipinski definition) is 0. The van der Waals surface area contributed by atoms with Gasteiger partial charge in [-0.1, -0.05) is 36.8 Å². The SMILES string of the molecule is O=C1c2ccccc2C(=O)N1CCCCCN1CCN(S(=O)(=O)c2ccccc2)CC1. The normalized spacial score (nSPS) is 17.9. The number of nitrogens with zero attached hydrogens (tertiary/aromatic N) is 3. The molecule has 0 atom stereocenters. The fourth-order valence-corrected chi connectivity index (χ4v) is 5.60. The highest BCUT2D eigenvalue weighted by Crippen LogP contribution is 2.23. The maximum absolute atomic E-state index is 12.7. The monoisotopic (exact) mass is 441 g/mol. The quantitative estimate of drug-likeness (QED) is 0.465. The zero-order valence-corrected chi connectivity index (χ0v) is 18.3. The van der Waals surface area contributed by atoms with Crippen LogP contribution in [0.25, 0.3) is 0 Å². The lowest BCUT2D eigenvalue weighted by molar-refractivity contribution is 0.0651. The first-order chi connectivity index (χ1) is 15.0. The molecule has 2 aliphatic heterocycles. The molecule has 2 heterocycles. The molecule has 4 rings (SSSR count). The molecule has 0 saturated carbocycles. The second kappa shape index (κ2) is 9.30. The lowest BCUT2D eigenvalue weighted by atomic mass is 10.1. The van der Waals surface area contributed by atoms with Crippen molar-refractivity contribution in [3.63, 3.8) is 0 Å². The number of piperazine rings is 1. The van der Waals surface area contributed by atoms with E-state index in [9.17, 15) is 18.0 Å². The fraction of sp³-hybridized carbons (Fsp3) is 0.391. The van der Waals surface area contributed by atoms with Crippen LogP contribution in [0.2, 0.25) is 0 Å². The summed E-state index contributed by atoms with van der Waals surface area (Å²) in [6, 6.07) is 15.5. The molecule has 0 N–H and O–H groups in total. The first kappa shape index (κ1) is 21.7. The van der Waals surface area contributed by atoms with E-state index in [0.29, 0.717) is 48.7 Å². The van der Waals surface area contributed by atoms with Crippen LogP contribution < -0.4 is 0 Å². The predicted octanol–water partition coefficient (Wildman–Crippen LogP) is 2.46. The van der Waals surface area contributed by atoms with Gasteiger partial charge < -0.3 is 4.90 Å². The van der Waals surface area contributed by atoms with Crippen molar-refractivity contribution < 1.29 is 18.0 Å². The Balaban J connectivity index is 1.17. The summed E-state index contributed by atoms with van der Waals surface area (Å²) < 4.78 is 27.0. The minimum atomic E-state index is -3.42. The van der Waals surface area contributed by atoms with Crippen molar-refractivity contribution in [2.24, 2.45) is 0 Å². The number of hydrogen-bond acceptors (Lipinski definition) is 5. The Labute approximate surface area is 183 Å². The van der Waals surface area contributed by atoms with Gasteiger partial charge in [-0.15, -0.1) is 0 Å². The molecule has 8 heteroatoms. The van der Waals surface area contributed by atoms with Crippen molar-refractivity contribution in [3.05, 3.63) is 65.7 Å². The average molecular weight is 442 g/mol. The predicted molar refractivity (Wildman–Crippen MR) is 117 cm³/mol. The number of carbonyl (C=O) groups is 2. The van der Waals surface area contributed by atoms with Crippen molar-refractivity contribution in [2.75, 3.05) is 39.3 Å². The smallest absolute Gasteiger partial charge is 0.261 e. The van der Waals surface area contributed by atoms with Gasteiger partial charge in [-0.2, -0.15) is 4.31 Å². The van der Waals surface area contributed by atoms with Crippen LogP contribution >= 0.6 is 0 Å². The van der Waals surface area contributed by atoms with E-state index in [0.717, 1.165) is 25.8 Å². The van der Waals surface area contributed by atoms with Crippen LogP contribution in [0.1, 0.15) is 40.0 Å². The number of benzene rings is 2. The summed E-state index contributed by atoms with van der Waals surface area (Å²) in [4.78, 5) is 28.7. The summed E-state index contributed by atoms with van der Waals surface area (Å²) in [6.45, 7) is 3.74. The van der Waals surface area contributed by atoms with Crippen molar-refractivity contribution >= 4 is 21.8 Å². The van der Waals surface area contributed by atoms with Crippen LogP contribution in [0.4, 0.5) is 0 Å². The molecule has 2 aromatic carbocycles. The first-order valence-corrected chi connectivity index (χ1v) is 12.2. The molecule has 2 amide bonds. The minimum absolute atomic E-state index is 0.198. The van der Waals surface area contributed by atoms with E-state index in [1.807, 2.05) is 6.07 Å². The summed E-state index contributed by atoms with van der Waals surface area (Å²) in [6.07, 6.45) is 2.64. The van der Waals surface area contributed by atoms with Crippen molar-refractivity contribution in [3.8, 4) is 0 Å². The van der Waals surface area contributed by atoms with E-state index in [1.54, 1.807) is 52.8 Å². The highest BCUT2D eigenvalue weighted by Gasteiger charge is 2.34. The Morgan fingerprint density at radius 2 is 1.23 bits per heavy atom. The van der Waals surface area contributed by atoms with Gasteiger partial charge in [0, 0.05) is 32.7 Å². The molecule has 0 spiro atoms. The molecule has 0 radical (unpaired) electrons. The van der Waals surface area contributed by atoms with Crippen LogP contribution in [-0.2, 0) is 10.0 Å². The van der Waals surface area contributed by atoms with Gasteiger partial charge >= 0.3 is 0 Å². The van der Waals surface area contributed by atoms with Gasteiger partial charge in [0.25, 0.3) is 11.8 Å². The van der Waals surface area contributed by atoms with E-state index in [1.165, 1.54) is 4.90 Å². The molecule has 0 aromatic heterocycles. The van der Waals surface area contributed by atoms with Gasteiger partial charge in [0.15, 0.2) is 0 Å². The molecule has 1 fully saturated rings. The minimum Gasteiger partial charge on any atom is -0.301 e. The molecular formula is C23H27N3O4S. The standard InChI is InChI=1S/C23H27N3O4S/c27-22-20-11-5-6-12-21(20)23(28)26(22)14-8-2-7-13-24-15-17-25(18-16-24)31(29,30)19-9-3-1-4-10-19/h1,3-6,9-12H,2,7-8,13-18H2. The van der Waals surface area contributed by atoms with Crippen LogP contribution in [0, 0.1) is 0 Å². The summed E-state index contributed by atoms with van der Waals surface area (Å²) in [5.41, 5.74) is 0.992. The van der Waals surface area contributed by atoms with E-state index >= 15 is 0 Å². The van der Waals surface area contributed by atoms with Crippen molar-refractivity contribution in [2.45, 2.75) is 24.2 Å². The number of rotatable bonds is 8. The molecule has 0 unspecified atom stereocenters. The molecule has 2 aliphatic rings. The number of carbonyl (C=O) groups excluding carboxylic acids is 2. The van der Waals surface area contributed by atoms with Gasteiger partial charge in [-0.3, -0.25) is 14.5 Å². The highest BCUT2D eigenvalue weighted by molar-refractivity contribution is 7.89. The van der Waals surface area contributed by atoms with Crippen LogP contribution in [0.5, 0.6) is 0 Å². The molecule has 2 aromatic rings. The molecular weight excluding hydrogens is 414 g/mol. The molecule has 7 nitrogen and oxygen atoms in total. The number of imide groups is 1. The third kappa shape index (κ3) is 4.56. The summed E-state index contributed by atoms with van der Waals surface area (Å²) in [5.74, 6) is -0.396. The molecule has 31 heavy (non-hydrogen) atoms. The Bertz CT molecular complexity index is 1010. The van der Waals surface area contributed by atoms with Gasteiger partial charge in [0.05, 0.1) is 16.0 Å². The Morgan fingerprint density at radius 1 is 0.677 bits per heavy atom. The second-order valence-electron chi connectivity index (χ2n) is 7.93. The number of amides is 2. The van der Waals surface area contributed by atoms with Crippen LogP contribution in [-0.4, -0.2) is 73.6 Å². The zero-order valence-electron chi connectivity index (χ0n) is 17.4. The van der Waals surface area contributed by atoms with Gasteiger partial charge in [0.1, 0.15) is 0 Å². The number of unbranched alkanes of at least 4 members (excludes halogenated alkanes) is 2. The molecule has 1 saturated heterocycles. The lowest BCUT2D eigenvalue weighted by Gasteiger charge is -2.34. The topological polar surface area (TPSA) is 78.0 Å². The summed E-state index contributed by atoms with van der Waals surface area (Å²) in [5, 5.41) is 0. The van der Waals surface area contributed by atoms with Gasteiger partial charge in [0.2, 0.25) is 10.0 Å². The van der Waals surface area contributed by atoms with Crippen molar-refractivity contribution in [1.82, 2.24) is 14.1 Å². The second-order valence-corrected chi connectivity index (χ2v) is 9.86. The van der Waals surface area contributed by atoms with Crippen LogP contribution in [0.15, 0.2) is 59.5 Å². The van der Waals surface area contributed by atoms with E-state index in [4.69, 9.17) is 0 Å².